The first-order valence-electron chi connectivity index (χ1n) is 7.92. The zero-order valence-corrected chi connectivity index (χ0v) is 18.1. The Bertz CT molecular complexity index is 143. The van der Waals surface area contributed by atoms with Crippen molar-refractivity contribution in [1.82, 2.24) is 3.90 Å². The minimum atomic E-state index is 0.247. The van der Waals surface area contributed by atoms with E-state index in [2.05, 4.69) is 10.8 Å². The van der Waals surface area contributed by atoms with Crippen molar-refractivity contribution in [1.29, 1.82) is 0 Å². The molecule has 0 radical (unpaired) electrons. The van der Waals surface area contributed by atoms with Crippen LogP contribution >= 0.6 is 0 Å². The van der Waals surface area contributed by atoms with E-state index in [9.17, 15) is 0 Å². The molecule has 0 atom stereocenters. The van der Waals surface area contributed by atoms with Gasteiger partial charge in [-0.25, -0.2) is 0 Å². The van der Waals surface area contributed by atoms with Crippen LogP contribution in [0.2, 0.25) is 6.04 Å². The minimum Gasteiger partial charge on any atom is -0.388 e. The normalized spacial score (nSPS) is 12.4. The molecule has 0 saturated heterocycles. The molecule has 0 N–H and O–H groups in total. The van der Waals surface area contributed by atoms with Crippen molar-refractivity contribution in [3.8, 4) is 0 Å². The summed E-state index contributed by atoms with van der Waals surface area (Å²) < 4.78 is 2.70. The summed E-state index contributed by atoms with van der Waals surface area (Å²) in [6.45, 7) is 2.30. The van der Waals surface area contributed by atoms with Crippen molar-refractivity contribution < 1.29 is 0 Å². The molecule has 4 heteroatoms. The summed E-state index contributed by atoms with van der Waals surface area (Å²) in [5.74, 6) is 0. The van der Waals surface area contributed by atoms with Gasteiger partial charge in [0.25, 0.3) is 0 Å². The van der Waals surface area contributed by atoms with Crippen LogP contribution in [0.5, 0.6) is 0 Å². The zero-order valence-electron chi connectivity index (χ0n) is 12.6. The predicted molar refractivity (Wildman–Crippen MR) is 91.5 cm³/mol. The third kappa shape index (κ3) is 16.6. The lowest BCUT2D eigenvalue weighted by Gasteiger charge is -2.08. The lowest BCUT2D eigenvalue weighted by atomic mass is 10.1. The van der Waals surface area contributed by atoms with Crippen molar-refractivity contribution in [2.24, 2.45) is 0 Å². The first-order valence-corrected chi connectivity index (χ1v) is 11.3. The monoisotopic (exact) mass is 289 g/mol. The van der Waals surface area contributed by atoms with Gasteiger partial charge in [-0.1, -0.05) is 83.6 Å². The van der Waals surface area contributed by atoms with E-state index < -0.39 is 0 Å². The average Bonchev–Trinajstić information content (AvgIpc) is 2.30. The summed E-state index contributed by atoms with van der Waals surface area (Å²) in [6, 6.07) is 1.59. The topological polar surface area (TPSA) is 3.24 Å². The van der Waals surface area contributed by atoms with E-state index in [1.807, 2.05) is 0 Å². The van der Waals surface area contributed by atoms with Crippen molar-refractivity contribution in [3.63, 3.8) is 0 Å². The summed E-state index contributed by atoms with van der Waals surface area (Å²) in [7, 11) is 2.94. The fourth-order valence-electron chi connectivity index (χ4n) is 2.27. The third-order valence-electron chi connectivity index (χ3n) is 3.46. The molecule has 0 aliphatic rings. The van der Waals surface area contributed by atoms with Crippen LogP contribution in [0.1, 0.15) is 77.6 Å². The van der Waals surface area contributed by atoms with Gasteiger partial charge in [0.15, 0.2) is 0 Å². The highest BCUT2D eigenvalue weighted by atomic mass is 28.3. The second kappa shape index (κ2) is 14.7. The average molecular weight is 290 g/mol. The minimum absolute atomic E-state index is 0.247. The quantitative estimate of drug-likeness (QED) is 0.368. The largest absolute Gasteiger partial charge is 0.388 e. The van der Waals surface area contributed by atoms with Gasteiger partial charge in [-0.2, -0.15) is 0 Å². The summed E-state index contributed by atoms with van der Waals surface area (Å²) >= 11 is 0. The molecule has 0 aromatic carbocycles. The number of nitrogens with zero attached hydrogens (tertiary/aromatic N) is 1. The summed E-state index contributed by atoms with van der Waals surface area (Å²) in [5, 5.41) is 0. The standard InChI is InChI=1S/C13H35NSi3/c1-2-3-4-5-6-7-8-9-10-11-12-13-17-14(15)16/h2-13,17H2,1,15-16H3. The molecule has 0 aliphatic heterocycles. The Morgan fingerprint density at radius 1 is 0.706 bits per heavy atom. The van der Waals surface area contributed by atoms with Crippen LogP contribution in [0, 0.1) is 0 Å². The van der Waals surface area contributed by atoms with E-state index in [-0.39, 0.29) is 9.68 Å². The molecule has 0 aromatic rings. The Kier molecular flexibility index (Phi) is 15.2. The number of hydrogen-bond acceptors (Lipinski definition) is 1. The van der Waals surface area contributed by atoms with Gasteiger partial charge in [-0.05, 0) is 0 Å². The number of unbranched alkanes of at least 4 members (excludes halogenated alkanes) is 10. The van der Waals surface area contributed by atoms with Crippen molar-refractivity contribution in [3.05, 3.63) is 0 Å². The number of hydrogen-bond donors (Lipinski definition) is 0. The van der Waals surface area contributed by atoms with E-state index in [1.165, 1.54) is 91.4 Å². The lowest BCUT2D eigenvalue weighted by Crippen LogP contribution is -2.20. The highest BCUT2D eigenvalue weighted by Gasteiger charge is 1.94. The van der Waals surface area contributed by atoms with Crippen LogP contribution in [0.4, 0.5) is 0 Å². The van der Waals surface area contributed by atoms with Crippen LogP contribution in [0.3, 0.4) is 0 Å². The Balaban J connectivity index is 2.89. The third-order valence-corrected chi connectivity index (χ3v) is 7.85. The van der Waals surface area contributed by atoms with Gasteiger partial charge in [0.05, 0.1) is 30.5 Å². The Morgan fingerprint density at radius 2 is 1.12 bits per heavy atom. The van der Waals surface area contributed by atoms with Gasteiger partial charge < -0.3 is 3.90 Å². The molecule has 17 heavy (non-hydrogen) atoms. The fourth-order valence-corrected chi connectivity index (χ4v) is 5.38. The van der Waals surface area contributed by atoms with E-state index >= 15 is 0 Å². The van der Waals surface area contributed by atoms with Gasteiger partial charge >= 0.3 is 0 Å². The van der Waals surface area contributed by atoms with Gasteiger partial charge in [0, 0.05) is 0 Å². The second-order valence-corrected chi connectivity index (χ2v) is 15.5. The van der Waals surface area contributed by atoms with Crippen molar-refractivity contribution in [2.75, 3.05) is 0 Å². The summed E-state index contributed by atoms with van der Waals surface area (Å²) in [5.41, 5.74) is 0. The SMILES string of the molecule is CCCCCCCCCCCCC[SiH2]N([SiH3])[SiH3]. The smallest absolute Gasteiger partial charge is 0.0797 e. The predicted octanol–water partition coefficient (Wildman–Crippen LogP) is 1.66. The van der Waals surface area contributed by atoms with Gasteiger partial charge in [0.1, 0.15) is 0 Å². The molecular weight excluding hydrogens is 254 g/mol. The molecule has 0 aromatic heterocycles. The van der Waals surface area contributed by atoms with Crippen LogP contribution in [-0.4, -0.2) is 34.4 Å². The lowest BCUT2D eigenvalue weighted by molar-refractivity contribution is 0.554. The maximum absolute atomic E-state index is 2.70. The molecule has 0 fully saturated rings. The van der Waals surface area contributed by atoms with Crippen molar-refractivity contribution >= 4 is 30.5 Å². The fraction of sp³-hybridized carbons (Fsp3) is 1.00. The molecule has 0 unspecified atom stereocenters. The Morgan fingerprint density at radius 3 is 1.53 bits per heavy atom. The maximum Gasteiger partial charge on any atom is 0.0797 e. The van der Waals surface area contributed by atoms with Crippen LogP contribution < -0.4 is 0 Å². The van der Waals surface area contributed by atoms with Crippen LogP contribution in [0.25, 0.3) is 0 Å². The summed E-state index contributed by atoms with van der Waals surface area (Å²) in [4.78, 5) is 0. The molecule has 0 aliphatic carbocycles. The zero-order chi connectivity index (χ0) is 12.8. The highest BCUT2D eigenvalue weighted by molar-refractivity contribution is 6.52. The van der Waals surface area contributed by atoms with Crippen molar-refractivity contribution in [2.45, 2.75) is 83.6 Å². The van der Waals surface area contributed by atoms with E-state index in [0.717, 1.165) is 0 Å². The molecule has 0 heterocycles. The molecule has 104 valence electrons. The highest BCUT2D eigenvalue weighted by Crippen LogP contribution is 2.11. The first kappa shape index (κ1) is 17.6. The van der Waals surface area contributed by atoms with Gasteiger partial charge in [-0.3, -0.25) is 0 Å². The van der Waals surface area contributed by atoms with Gasteiger partial charge in [0.2, 0.25) is 0 Å². The molecule has 0 bridgehead atoms. The molecule has 0 saturated carbocycles. The molecule has 0 rings (SSSR count). The maximum atomic E-state index is 2.70. The van der Waals surface area contributed by atoms with Gasteiger partial charge in [-0.15, -0.1) is 0 Å². The summed E-state index contributed by atoms with van der Waals surface area (Å²) in [6.07, 6.45) is 16.3. The Hall–Kier alpha value is 0.611. The molecule has 1 nitrogen and oxygen atoms in total. The first-order chi connectivity index (χ1) is 8.27. The second-order valence-electron chi connectivity index (χ2n) is 5.69. The van der Waals surface area contributed by atoms with E-state index in [0.29, 0.717) is 0 Å². The van der Waals surface area contributed by atoms with Crippen LogP contribution in [-0.2, 0) is 0 Å². The van der Waals surface area contributed by atoms with E-state index in [4.69, 9.17) is 0 Å². The molecule has 0 spiro atoms. The molecule has 0 amide bonds. The van der Waals surface area contributed by atoms with E-state index in [1.54, 1.807) is 6.04 Å². The number of rotatable bonds is 13. The van der Waals surface area contributed by atoms with Crippen LogP contribution in [0.15, 0.2) is 0 Å². The molecular formula is C13H35NSi3. The Labute approximate surface area is 118 Å².